The van der Waals surface area contributed by atoms with Gasteiger partial charge in [0.1, 0.15) is 5.76 Å². The summed E-state index contributed by atoms with van der Waals surface area (Å²) < 4.78 is 5.20. The zero-order valence-electron chi connectivity index (χ0n) is 11.4. The van der Waals surface area contributed by atoms with E-state index in [1.807, 2.05) is 13.0 Å². The second-order valence-electron chi connectivity index (χ2n) is 4.51. The van der Waals surface area contributed by atoms with Crippen molar-refractivity contribution < 1.29 is 9.21 Å². The zero-order valence-corrected chi connectivity index (χ0v) is 11.4. The van der Waals surface area contributed by atoms with Crippen LogP contribution < -0.4 is 5.32 Å². The molecule has 2 aromatic rings. The number of amides is 2. The maximum absolute atomic E-state index is 12.1. The van der Waals surface area contributed by atoms with E-state index in [0.29, 0.717) is 23.6 Å². The molecule has 5 nitrogen and oxygen atoms in total. The fourth-order valence-corrected chi connectivity index (χ4v) is 1.74. The van der Waals surface area contributed by atoms with Crippen molar-refractivity contribution in [1.82, 2.24) is 4.90 Å². The van der Waals surface area contributed by atoms with Crippen LogP contribution in [0.1, 0.15) is 16.9 Å². The Morgan fingerprint density at radius 3 is 2.90 bits per heavy atom. The van der Waals surface area contributed by atoms with Gasteiger partial charge < -0.3 is 14.6 Å². The van der Waals surface area contributed by atoms with Crippen LogP contribution in [0.3, 0.4) is 0 Å². The number of furan rings is 1. The number of hydrogen-bond donors (Lipinski definition) is 1. The number of carbonyl (C=O) groups is 1. The lowest BCUT2D eigenvalue weighted by atomic mass is 10.1. The molecule has 0 spiro atoms. The average molecular weight is 269 g/mol. The normalized spacial score (nSPS) is 9.85. The summed E-state index contributed by atoms with van der Waals surface area (Å²) in [5, 5.41) is 11.7. The number of benzene rings is 1. The van der Waals surface area contributed by atoms with Crippen molar-refractivity contribution in [3.8, 4) is 6.07 Å². The first-order chi connectivity index (χ1) is 9.60. The first-order valence-corrected chi connectivity index (χ1v) is 6.15. The number of nitrogens with one attached hydrogen (secondary N) is 1. The lowest BCUT2D eigenvalue weighted by molar-refractivity contribution is 0.217. The molecule has 1 heterocycles. The number of nitriles is 1. The molecule has 0 bridgehead atoms. The third kappa shape index (κ3) is 3.18. The van der Waals surface area contributed by atoms with Gasteiger partial charge in [-0.15, -0.1) is 0 Å². The Hall–Kier alpha value is -2.74. The summed E-state index contributed by atoms with van der Waals surface area (Å²) in [6.45, 7) is 2.26. The molecule has 0 saturated carbocycles. The van der Waals surface area contributed by atoms with Gasteiger partial charge in [0.05, 0.1) is 24.4 Å². The molecule has 1 aromatic carbocycles. The quantitative estimate of drug-likeness (QED) is 0.930. The molecule has 0 aliphatic carbocycles. The summed E-state index contributed by atoms with van der Waals surface area (Å²) in [6, 6.07) is 10.6. The smallest absolute Gasteiger partial charge is 0.322 e. The molecule has 5 heteroatoms. The second-order valence-corrected chi connectivity index (χ2v) is 4.51. The van der Waals surface area contributed by atoms with Gasteiger partial charge in [0.2, 0.25) is 0 Å². The van der Waals surface area contributed by atoms with Crippen LogP contribution in [-0.4, -0.2) is 18.0 Å². The fourth-order valence-electron chi connectivity index (χ4n) is 1.74. The van der Waals surface area contributed by atoms with Gasteiger partial charge in [-0.25, -0.2) is 4.79 Å². The van der Waals surface area contributed by atoms with E-state index < -0.39 is 0 Å². The summed E-state index contributed by atoms with van der Waals surface area (Å²) >= 11 is 0. The van der Waals surface area contributed by atoms with Crippen LogP contribution in [0.15, 0.2) is 41.0 Å². The number of rotatable bonds is 3. The zero-order chi connectivity index (χ0) is 14.5. The molecule has 0 atom stereocenters. The van der Waals surface area contributed by atoms with Gasteiger partial charge in [0, 0.05) is 12.7 Å². The SMILES string of the molecule is Cc1ccc(C#N)cc1NC(=O)N(C)Cc1ccco1. The van der Waals surface area contributed by atoms with Crippen molar-refractivity contribution >= 4 is 11.7 Å². The van der Waals surface area contributed by atoms with Crippen molar-refractivity contribution in [2.75, 3.05) is 12.4 Å². The highest BCUT2D eigenvalue weighted by atomic mass is 16.3. The van der Waals surface area contributed by atoms with Crippen LogP contribution in [0.4, 0.5) is 10.5 Å². The number of urea groups is 1. The molecule has 0 radical (unpaired) electrons. The van der Waals surface area contributed by atoms with Crippen molar-refractivity contribution in [2.45, 2.75) is 13.5 Å². The Morgan fingerprint density at radius 1 is 1.45 bits per heavy atom. The van der Waals surface area contributed by atoms with Crippen molar-refractivity contribution in [1.29, 1.82) is 5.26 Å². The molecule has 1 N–H and O–H groups in total. The summed E-state index contributed by atoms with van der Waals surface area (Å²) in [6.07, 6.45) is 1.57. The molecule has 0 saturated heterocycles. The van der Waals surface area contributed by atoms with Crippen molar-refractivity contribution in [3.63, 3.8) is 0 Å². The van der Waals surface area contributed by atoms with E-state index in [9.17, 15) is 4.79 Å². The maximum atomic E-state index is 12.1. The third-order valence-corrected chi connectivity index (χ3v) is 2.93. The van der Waals surface area contributed by atoms with E-state index in [1.165, 1.54) is 4.90 Å². The van der Waals surface area contributed by atoms with Gasteiger partial charge in [0.25, 0.3) is 0 Å². The van der Waals surface area contributed by atoms with E-state index in [4.69, 9.17) is 9.68 Å². The number of carbonyl (C=O) groups excluding carboxylic acids is 1. The van der Waals surface area contributed by atoms with Crippen LogP contribution in [0.25, 0.3) is 0 Å². The molecular weight excluding hydrogens is 254 g/mol. The topological polar surface area (TPSA) is 69.3 Å². The summed E-state index contributed by atoms with van der Waals surface area (Å²) in [7, 11) is 1.68. The Kier molecular flexibility index (Phi) is 4.06. The van der Waals surface area contributed by atoms with Crippen LogP contribution in [0, 0.1) is 18.3 Å². The minimum atomic E-state index is -0.250. The first-order valence-electron chi connectivity index (χ1n) is 6.15. The van der Waals surface area contributed by atoms with Crippen LogP contribution in [-0.2, 0) is 6.54 Å². The summed E-state index contributed by atoms with van der Waals surface area (Å²) in [4.78, 5) is 13.6. The molecule has 2 rings (SSSR count). The molecule has 0 unspecified atom stereocenters. The second kappa shape index (κ2) is 5.93. The molecule has 0 aliphatic heterocycles. The van der Waals surface area contributed by atoms with Gasteiger partial charge in [-0.05, 0) is 36.8 Å². The molecule has 0 aliphatic rings. The highest BCUT2D eigenvalue weighted by molar-refractivity contribution is 5.90. The van der Waals surface area contributed by atoms with Gasteiger partial charge in [-0.1, -0.05) is 6.07 Å². The van der Waals surface area contributed by atoms with Gasteiger partial charge in [0.15, 0.2) is 0 Å². The van der Waals surface area contributed by atoms with Crippen LogP contribution in [0.5, 0.6) is 0 Å². The fraction of sp³-hybridized carbons (Fsp3) is 0.200. The number of anilines is 1. The Morgan fingerprint density at radius 2 is 2.25 bits per heavy atom. The highest BCUT2D eigenvalue weighted by Gasteiger charge is 2.12. The van der Waals surface area contributed by atoms with E-state index in [-0.39, 0.29) is 6.03 Å². The monoisotopic (exact) mass is 269 g/mol. The van der Waals surface area contributed by atoms with Crippen LogP contribution in [0.2, 0.25) is 0 Å². The number of nitrogens with zero attached hydrogens (tertiary/aromatic N) is 2. The molecule has 20 heavy (non-hydrogen) atoms. The average Bonchev–Trinajstić information content (AvgIpc) is 2.94. The largest absolute Gasteiger partial charge is 0.467 e. The lowest BCUT2D eigenvalue weighted by Crippen LogP contribution is -2.30. The highest BCUT2D eigenvalue weighted by Crippen LogP contribution is 2.17. The first kappa shape index (κ1) is 13.7. The van der Waals surface area contributed by atoms with Gasteiger partial charge in [-0.2, -0.15) is 5.26 Å². The molecule has 1 aromatic heterocycles. The molecule has 102 valence electrons. The lowest BCUT2D eigenvalue weighted by Gasteiger charge is -2.17. The predicted molar refractivity (Wildman–Crippen MR) is 75.1 cm³/mol. The van der Waals surface area contributed by atoms with Crippen molar-refractivity contribution in [3.05, 3.63) is 53.5 Å². The number of aryl methyl sites for hydroxylation is 1. The summed E-state index contributed by atoms with van der Waals surface area (Å²) in [5.74, 6) is 0.713. The van der Waals surface area contributed by atoms with E-state index in [1.54, 1.807) is 37.6 Å². The Bertz CT molecular complexity index is 642. The van der Waals surface area contributed by atoms with E-state index in [2.05, 4.69) is 11.4 Å². The minimum Gasteiger partial charge on any atom is -0.467 e. The molecule has 2 amide bonds. The Balaban J connectivity index is 2.06. The maximum Gasteiger partial charge on any atom is 0.322 e. The van der Waals surface area contributed by atoms with Crippen LogP contribution >= 0.6 is 0 Å². The summed E-state index contributed by atoms with van der Waals surface area (Å²) in [5.41, 5.74) is 2.06. The van der Waals surface area contributed by atoms with Gasteiger partial charge >= 0.3 is 6.03 Å². The van der Waals surface area contributed by atoms with Crippen molar-refractivity contribution in [2.24, 2.45) is 0 Å². The molecular formula is C15H15N3O2. The minimum absolute atomic E-state index is 0.250. The Labute approximate surface area is 117 Å². The van der Waals surface area contributed by atoms with E-state index in [0.717, 1.165) is 5.56 Å². The molecule has 0 fully saturated rings. The number of hydrogen-bond acceptors (Lipinski definition) is 3. The third-order valence-electron chi connectivity index (χ3n) is 2.93. The standard InChI is InChI=1S/C15H15N3O2/c1-11-5-6-12(9-16)8-14(11)17-15(19)18(2)10-13-4-3-7-20-13/h3-8H,10H2,1-2H3,(H,17,19). The predicted octanol–water partition coefficient (Wildman–Crippen LogP) is 3.12. The van der Waals surface area contributed by atoms with E-state index >= 15 is 0 Å². The van der Waals surface area contributed by atoms with Gasteiger partial charge in [-0.3, -0.25) is 0 Å².